The highest BCUT2D eigenvalue weighted by atomic mass is 19.4. The molecule has 1 saturated heterocycles. The van der Waals surface area contributed by atoms with Crippen LogP contribution in [-0.4, -0.2) is 67.3 Å². The van der Waals surface area contributed by atoms with Gasteiger partial charge in [0.1, 0.15) is 0 Å². The van der Waals surface area contributed by atoms with Gasteiger partial charge >= 0.3 is 6.18 Å². The molecule has 0 radical (unpaired) electrons. The quantitative estimate of drug-likeness (QED) is 0.756. The molecule has 5 nitrogen and oxygen atoms in total. The zero-order valence-electron chi connectivity index (χ0n) is 15.9. The van der Waals surface area contributed by atoms with Crippen molar-refractivity contribution in [2.75, 3.05) is 40.8 Å². The van der Waals surface area contributed by atoms with E-state index in [1.807, 2.05) is 19.0 Å². The van der Waals surface area contributed by atoms with Crippen LogP contribution in [0.1, 0.15) is 24.0 Å². The van der Waals surface area contributed by atoms with Gasteiger partial charge in [-0.05, 0) is 32.1 Å². The van der Waals surface area contributed by atoms with Crippen molar-refractivity contribution in [1.82, 2.24) is 14.7 Å². The van der Waals surface area contributed by atoms with Crippen LogP contribution < -0.4 is 0 Å². The maximum Gasteiger partial charge on any atom is 0.416 e. The second-order valence-corrected chi connectivity index (χ2v) is 7.23. The summed E-state index contributed by atoms with van der Waals surface area (Å²) in [6.07, 6.45) is -3.74. The Balaban J connectivity index is 2.04. The van der Waals surface area contributed by atoms with Gasteiger partial charge in [0.25, 0.3) is 0 Å². The van der Waals surface area contributed by atoms with Crippen molar-refractivity contribution in [2.45, 2.75) is 25.6 Å². The van der Waals surface area contributed by atoms with Gasteiger partial charge in [0, 0.05) is 39.6 Å². The van der Waals surface area contributed by atoms with E-state index in [4.69, 9.17) is 0 Å². The maximum absolute atomic E-state index is 13.1. The van der Waals surface area contributed by atoms with Crippen LogP contribution in [0.15, 0.2) is 24.3 Å². The highest BCUT2D eigenvalue weighted by Crippen LogP contribution is 2.32. The summed E-state index contributed by atoms with van der Waals surface area (Å²) in [7, 11) is 5.32. The van der Waals surface area contributed by atoms with E-state index in [0.717, 1.165) is 6.07 Å². The van der Waals surface area contributed by atoms with Gasteiger partial charge in [0.05, 0.1) is 11.5 Å². The smallest absolute Gasteiger partial charge is 0.341 e. The molecule has 1 aromatic carbocycles. The number of carbonyl (C=O) groups is 2. The third-order valence-electron chi connectivity index (χ3n) is 4.77. The van der Waals surface area contributed by atoms with Crippen LogP contribution in [0.3, 0.4) is 0 Å². The minimum Gasteiger partial charge on any atom is -0.341 e. The molecule has 2 rings (SSSR count). The second-order valence-electron chi connectivity index (χ2n) is 7.23. The van der Waals surface area contributed by atoms with E-state index in [1.165, 1.54) is 30.1 Å². The van der Waals surface area contributed by atoms with Crippen molar-refractivity contribution in [3.05, 3.63) is 35.4 Å². The fourth-order valence-electron chi connectivity index (χ4n) is 3.23. The van der Waals surface area contributed by atoms with Gasteiger partial charge in [0.15, 0.2) is 0 Å². The predicted octanol–water partition coefficient (Wildman–Crippen LogP) is 2.46. The number of hydrogen-bond acceptors (Lipinski definition) is 3. The number of amides is 2. The summed E-state index contributed by atoms with van der Waals surface area (Å²) < 4.78 is 39.4. The third-order valence-corrected chi connectivity index (χ3v) is 4.77. The van der Waals surface area contributed by atoms with E-state index in [1.54, 1.807) is 4.90 Å². The van der Waals surface area contributed by atoms with Gasteiger partial charge < -0.3 is 14.7 Å². The normalized spacial score (nSPS) is 18.1. The fraction of sp³-hybridized carbons (Fsp3) is 0.579. The first kappa shape index (κ1) is 21.2. The summed E-state index contributed by atoms with van der Waals surface area (Å²) in [6, 6.07) is 5.28. The lowest BCUT2D eigenvalue weighted by Gasteiger charge is -2.34. The molecule has 1 aliphatic rings. The maximum atomic E-state index is 13.1. The Kier molecular flexibility index (Phi) is 6.86. The van der Waals surface area contributed by atoms with Crippen LogP contribution in [-0.2, 0) is 22.3 Å². The molecule has 1 fully saturated rings. The monoisotopic (exact) mass is 385 g/mol. The number of likely N-dealkylation sites (N-methyl/N-ethyl adjacent to an activating group) is 1. The molecule has 0 N–H and O–H groups in total. The molecule has 1 atom stereocenters. The molecule has 150 valence electrons. The largest absolute Gasteiger partial charge is 0.416 e. The Morgan fingerprint density at radius 2 is 1.89 bits per heavy atom. The summed E-state index contributed by atoms with van der Waals surface area (Å²) in [5.41, 5.74) is -0.659. The third kappa shape index (κ3) is 5.69. The molecule has 0 aromatic heterocycles. The van der Waals surface area contributed by atoms with Gasteiger partial charge in [-0.2, -0.15) is 13.2 Å². The number of carbonyl (C=O) groups excluding carboxylic acids is 2. The zero-order chi connectivity index (χ0) is 20.2. The van der Waals surface area contributed by atoms with Gasteiger partial charge in [-0.15, -0.1) is 0 Å². The van der Waals surface area contributed by atoms with Crippen molar-refractivity contribution >= 4 is 11.8 Å². The first-order chi connectivity index (χ1) is 12.6. The first-order valence-corrected chi connectivity index (χ1v) is 8.92. The number of likely N-dealkylation sites (tertiary alicyclic amines) is 1. The summed E-state index contributed by atoms with van der Waals surface area (Å²) in [5.74, 6) is -0.590. The number of halogens is 3. The number of piperidine rings is 1. The molecule has 0 unspecified atom stereocenters. The summed E-state index contributed by atoms with van der Waals surface area (Å²) in [6.45, 7) is 1.44. The van der Waals surface area contributed by atoms with E-state index in [9.17, 15) is 22.8 Å². The van der Waals surface area contributed by atoms with Crippen molar-refractivity contribution in [3.8, 4) is 0 Å². The second kappa shape index (κ2) is 8.73. The molecule has 1 heterocycles. The Labute approximate surface area is 157 Å². The zero-order valence-corrected chi connectivity index (χ0v) is 15.9. The predicted molar refractivity (Wildman–Crippen MR) is 95.8 cm³/mol. The number of hydrogen-bond donors (Lipinski definition) is 0. The van der Waals surface area contributed by atoms with Crippen LogP contribution in [0.5, 0.6) is 0 Å². The first-order valence-electron chi connectivity index (χ1n) is 8.92. The average molecular weight is 385 g/mol. The minimum atomic E-state index is -4.46. The van der Waals surface area contributed by atoms with Crippen LogP contribution in [0.2, 0.25) is 0 Å². The molecule has 2 amide bonds. The SMILES string of the molecule is CN(C)CCN1C[C@@H](C(=O)N(C)Cc2ccccc2C(F)(F)F)CCC1=O. The van der Waals surface area contributed by atoms with Crippen LogP contribution in [0, 0.1) is 5.92 Å². The standard InChI is InChI=1S/C19H26F3N3O2/c1-23(2)10-11-25-13-15(8-9-17(25)26)18(27)24(3)12-14-6-4-5-7-16(14)19(20,21)22/h4-7,15H,8-13H2,1-3H3/t15-/m0/s1. The average Bonchev–Trinajstić information content (AvgIpc) is 2.59. The number of rotatable bonds is 6. The summed E-state index contributed by atoms with van der Waals surface area (Å²) >= 11 is 0. The molecule has 0 saturated carbocycles. The van der Waals surface area contributed by atoms with E-state index < -0.39 is 11.7 Å². The van der Waals surface area contributed by atoms with Crippen LogP contribution >= 0.6 is 0 Å². The van der Waals surface area contributed by atoms with E-state index in [0.29, 0.717) is 26.1 Å². The Bertz CT molecular complexity index is 676. The summed E-state index contributed by atoms with van der Waals surface area (Å²) in [4.78, 5) is 29.8. The fourth-order valence-corrected chi connectivity index (χ4v) is 3.23. The lowest BCUT2D eigenvalue weighted by Crippen LogP contribution is -2.47. The van der Waals surface area contributed by atoms with Crippen molar-refractivity contribution in [1.29, 1.82) is 0 Å². The van der Waals surface area contributed by atoms with Gasteiger partial charge in [-0.3, -0.25) is 9.59 Å². The van der Waals surface area contributed by atoms with E-state index in [-0.39, 0.29) is 36.3 Å². The topological polar surface area (TPSA) is 43.9 Å². The van der Waals surface area contributed by atoms with E-state index in [2.05, 4.69) is 0 Å². The van der Waals surface area contributed by atoms with Gasteiger partial charge in [0.2, 0.25) is 11.8 Å². The Hall–Kier alpha value is -2.09. The number of nitrogens with zero attached hydrogens (tertiary/aromatic N) is 3. The molecular weight excluding hydrogens is 359 g/mol. The molecule has 0 spiro atoms. The van der Waals surface area contributed by atoms with E-state index >= 15 is 0 Å². The lowest BCUT2D eigenvalue weighted by molar-refractivity contribution is -0.144. The molecular formula is C19H26F3N3O2. The Morgan fingerprint density at radius 1 is 1.22 bits per heavy atom. The minimum absolute atomic E-state index is 0.0194. The molecule has 27 heavy (non-hydrogen) atoms. The molecule has 1 aliphatic heterocycles. The number of benzene rings is 1. The van der Waals surface area contributed by atoms with Crippen molar-refractivity contribution in [3.63, 3.8) is 0 Å². The Morgan fingerprint density at radius 3 is 2.52 bits per heavy atom. The van der Waals surface area contributed by atoms with Gasteiger partial charge in [-0.25, -0.2) is 0 Å². The van der Waals surface area contributed by atoms with Crippen LogP contribution in [0.25, 0.3) is 0 Å². The highest BCUT2D eigenvalue weighted by molar-refractivity contribution is 5.83. The number of alkyl halides is 3. The van der Waals surface area contributed by atoms with Gasteiger partial charge in [-0.1, -0.05) is 18.2 Å². The molecule has 0 aliphatic carbocycles. The van der Waals surface area contributed by atoms with Crippen molar-refractivity contribution < 1.29 is 22.8 Å². The lowest BCUT2D eigenvalue weighted by atomic mass is 9.95. The van der Waals surface area contributed by atoms with Crippen LogP contribution in [0.4, 0.5) is 13.2 Å². The molecule has 1 aromatic rings. The molecule has 8 heteroatoms. The highest BCUT2D eigenvalue weighted by Gasteiger charge is 2.35. The molecule has 0 bridgehead atoms. The van der Waals surface area contributed by atoms with Crippen molar-refractivity contribution in [2.24, 2.45) is 5.92 Å². The summed E-state index contributed by atoms with van der Waals surface area (Å²) in [5, 5.41) is 0.